The number of rotatable bonds is 2. The summed E-state index contributed by atoms with van der Waals surface area (Å²) in [6, 6.07) is 2.07. The van der Waals surface area contributed by atoms with E-state index in [-0.39, 0.29) is 0 Å². The van der Waals surface area contributed by atoms with Crippen molar-refractivity contribution in [3.8, 4) is 6.07 Å². The first-order chi connectivity index (χ1) is 6.38. The fraction of sp³-hybridized carbons (Fsp3) is 0.556. The van der Waals surface area contributed by atoms with Gasteiger partial charge in [-0.3, -0.25) is 4.68 Å². The molecule has 0 aromatic carbocycles. The summed E-state index contributed by atoms with van der Waals surface area (Å²) >= 11 is 0. The summed E-state index contributed by atoms with van der Waals surface area (Å²) in [6.07, 6.45) is 4.63. The molecule has 1 aliphatic rings. The van der Waals surface area contributed by atoms with Crippen LogP contribution < -0.4 is 5.32 Å². The summed E-state index contributed by atoms with van der Waals surface area (Å²) in [5, 5.41) is 16.0. The molecular weight excluding hydrogens is 164 g/mol. The molecule has 0 aliphatic carbocycles. The molecule has 1 aliphatic heterocycles. The van der Waals surface area contributed by atoms with E-state index in [9.17, 15) is 0 Å². The second-order valence-electron chi connectivity index (χ2n) is 3.42. The molecule has 1 fully saturated rings. The lowest BCUT2D eigenvalue weighted by Crippen LogP contribution is -2.14. The quantitative estimate of drug-likeness (QED) is 0.708. The van der Waals surface area contributed by atoms with Crippen molar-refractivity contribution in [3.63, 3.8) is 0 Å². The van der Waals surface area contributed by atoms with Crippen LogP contribution in [-0.4, -0.2) is 22.9 Å². The molecule has 0 radical (unpaired) electrons. The molecule has 68 valence electrons. The first-order valence-corrected chi connectivity index (χ1v) is 4.52. The third kappa shape index (κ3) is 1.87. The lowest BCUT2D eigenvalue weighted by molar-refractivity contribution is 0.449. The van der Waals surface area contributed by atoms with Crippen molar-refractivity contribution < 1.29 is 0 Å². The third-order valence-corrected chi connectivity index (χ3v) is 2.37. The summed E-state index contributed by atoms with van der Waals surface area (Å²) in [7, 11) is 0. The average molecular weight is 176 g/mol. The van der Waals surface area contributed by atoms with Gasteiger partial charge in [-0.2, -0.15) is 10.4 Å². The van der Waals surface area contributed by atoms with Crippen LogP contribution in [0, 0.1) is 17.2 Å². The van der Waals surface area contributed by atoms with Crippen LogP contribution in [0.5, 0.6) is 0 Å². The smallest absolute Gasteiger partial charge is 0.102 e. The Bertz CT molecular complexity index is 317. The van der Waals surface area contributed by atoms with Gasteiger partial charge >= 0.3 is 0 Å². The van der Waals surface area contributed by atoms with Gasteiger partial charge in [-0.25, -0.2) is 0 Å². The van der Waals surface area contributed by atoms with Crippen LogP contribution >= 0.6 is 0 Å². The maximum Gasteiger partial charge on any atom is 0.102 e. The molecule has 0 saturated carbocycles. The first-order valence-electron chi connectivity index (χ1n) is 4.52. The zero-order chi connectivity index (χ0) is 9.10. The van der Waals surface area contributed by atoms with Gasteiger partial charge in [0.25, 0.3) is 0 Å². The molecule has 2 heterocycles. The topological polar surface area (TPSA) is 53.6 Å². The number of nitrogens with one attached hydrogen (secondary N) is 1. The van der Waals surface area contributed by atoms with Crippen LogP contribution in [0.3, 0.4) is 0 Å². The van der Waals surface area contributed by atoms with Gasteiger partial charge in [0.15, 0.2) is 0 Å². The second kappa shape index (κ2) is 3.58. The standard InChI is InChI=1S/C9H12N4/c10-3-9-5-12-13(7-9)6-8-1-2-11-4-8/h5,7-8,11H,1-2,4,6H2. The Balaban J connectivity index is 1.97. The molecule has 1 atom stereocenters. The van der Waals surface area contributed by atoms with Gasteiger partial charge in [0.2, 0.25) is 0 Å². The predicted octanol–water partition coefficient (Wildman–Crippen LogP) is 0.364. The highest BCUT2D eigenvalue weighted by atomic mass is 15.3. The molecule has 4 nitrogen and oxygen atoms in total. The van der Waals surface area contributed by atoms with Crippen molar-refractivity contribution >= 4 is 0 Å². The number of aromatic nitrogens is 2. The molecule has 1 aromatic rings. The van der Waals surface area contributed by atoms with Gasteiger partial charge in [0.1, 0.15) is 6.07 Å². The molecular formula is C9H12N4. The first kappa shape index (κ1) is 8.27. The number of hydrogen-bond acceptors (Lipinski definition) is 3. The van der Waals surface area contributed by atoms with Crippen LogP contribution in [0.15, 0.2) is 12.4 Å². The monoisotopic (exact) mass is 176 g/mol. The summed E-state index contributed by atoms with van der Waals surface area (Å²) < 4.78 is 1.86. The van der Waals surface area contributed by atoms with Crippen LogP contribution in [0.25, 0.3) is 0 Å². The average Bonchev–Trinajstić information content (AvgIpc) is 2.76. The molecule has 2 rings (SSSR count). The van der Waals surface area contributed by atoms with Crippen LogP contribution in [0.1, 0.15) is 12.0 Å². The molecule has 1 saturated heterocycles. The van der Waals surface area contributed by atoms with Gasteiger partial charge in [0.05, 0.1) is 11.8 Å². The summed E-state index contributed by atoms with van der Waals surface area (Å²) in [5.74, 6) is 0.673. The highest BCUT2D eigenvalue weighted by Gasteiger charge is 2.14. The number of nitriles is 1. The summed E-state index contributed by atoms with van der Waals surface area (Å²) in [4.78, 5) is 0. The third-order valence-electron chi connectivity index (χ3n) is 2.37. The van der Waals surface area contributed by atoms with Gasteiger partial charge in [-0.15, -0.1) is 0 Å². The minimum atomic E-state index is 0.644. The van der Waals surface area contributed by atoms with Crippen molar-refractivity contribution in [2.24, 2.45) is 5.92 Å². The van der Waals surface area contributed by atoms with E-state index in [1.54, 1.807) is 12.4 Å². The van der Waals surface area contributed by atoms with Crippen molar-refractivity contribution in [1.82, 2.24) is 15.1 Å². The Morgan fingerprint density at radius 3 is 3.31 bits per heavy atom. The van der Waals surface area contributed by atoms with E-state index in [4.69, 9.17) is 5.26 Å². The highest BCUT2D eigenvalue weighted by Crippen LogP contribution is 2.10. The zero-order valence-corrected chi connectivity index (χ0v) is 7.40. The number of hydrogen-bond donors (Lipinski definition) is 1. The Labute approximate surface area is 77.2 Å². The van der Waals surface area contributed by atoms with E-state index in [2.05, 4.69) is 16.5 Å². The molecule has 0 spiro atoms. The predicted molar refractivity (Wildman–Crippen MR) is 47.9 cm³/mol. The second-order valence-corrected chi connectivity index (χ2v) is 3.42. The van der Waals surface area contributed by atoms with E-state index in [0.717, 1.165) is 19.6 Å². The zero-order valence-electron chi connectivity index (χ0n) is 7.40. The van der Waals surface area contributed by atoms with Crippen LogP contribution in [0.4, 0.5) is 0 Å². The van der Waals surface area contributed by atoms with E-state index in [1.807, 2.05) is 4.68 Å². The Morgan fingerprint density at radius 1 is 1.77 bits per heavy atom. The van der Waals surface area contributed by atoms with Gasteiger partial charge in [0, 0.05) is 12.7 Å². The van der Waals surface area contributed by atoms with E-state index < -0.39 is 0 Å². The molecule has 1 N–H and O–H groups in total. The summed E-state index contributed by atoms with van der Waals surface area (Å²) in [6.45, 7) is 3.10. The lowest BCUT2D eigenvalue weighted by atomic mass is 10.1. The Hall–Kier alpha value is -1.34. The molecule has 1 unspecified atom stereocenters. The highest BCUT2D eigenvalue weighted by molar-refractivity contribution is 5.21. The van der Waals surface area contributed by atoms with Crippen molar-refractivity contribution in [1.29, 1.82) is 5.26 Å². The van der Waals surface area contributed by atoms with Crippen LogP contribution in [0.2, 0.25) is 0 Å². The van der Waals surface area contributed by atoms with Gasteiger partial charge < -0.3 is 5.32 Å². The fourth-order valence-corrected chi connectivity index (χ4v) is 1.66. The molecule has 0 amide bonds. The van der Waals surface area contributed by atoms with Crippen molar-refractivity contribution in [2.75, 3.05) is 13.1 Å². The fourth-order valence-electron chi connectivity index (χ4n) is 1.66. The Kier molecular flexibility index (Phi) is 2.28. The summed E-state index contributed by atoms with van der Waals surface area (Å²) in [5.41, 5.74) is 0.644. The molecule has 0 bridgehead atoms. The largest absolute Gasteiger partial charge is 0.316 e. The van der Waals surface area contributed by atoms with Gasteiger partial charge in [-0.1, -0.05) is 0 Å². The Morgan fingerprint density at radius 2 is 2.69 bits per heavy atom. The number of nitrogens with zero attached hydrogens (tertiary/aromatic N) is 3. The van der Waals surface area contributed by atoms with Crippen molar-refractivity contribution in [2.45, 2.75) is 13.0 Å². The van der Waals surface area contributed by atoms with E-state index >= 15 is 0 Å². The maximum absolute atomic E-state index is 8.60. The van der Waals surface area contributed by atoms with Crippen LogP contribution in [-0.2, 0) is 6.54 Å². The SMILES string of the molecule is N#Cc1cnn(CC2CCNC2)c1. The lowest BCUT2D eigenvalue weighted by Gasteiger charge is -2.06. The van der Waals surface area contributed by atoms with Gasteiger partial charge in [-0.05, 0) is 25.4 Å². The van der Waals surface area contributed by atoms with Crippen molar-refractivity contribution in [3.05, 3.63) is 18.0 Å². The van der Waals surface area contributed by atoms with E-state index in [0.29, 0.717) is 11.5 Å². The maximum atomic E-state index is 8.60. The normalized spacial score (nSPS) is 21.6. The minimum Gasteiger partial charge on any atom is -0.316 e. The molecule has 1 aromatic heterocycles. The molecule has 13 heavy (non-hydrogen) atoms. The minimum absolute atomic E-state index is 0.644. The molecule has 4 heteroatoms. The van der Waals surface area contributed by atoms with E-state index in [1.165, 1.54) is 6.42 Å².